The molecule has 2 unspecified atom stereocenters. The number of benzene rings is 1. The quantitative estimate of drug-likeness (QED) is 0.869. The van der Waals surface area contributed by atoms with Gasteiger partial charge in [-0.25, -0.2) is 9.37 Å². The Morgan fingerprint density at radius 3 is 2.60 bits per heavy atom. The maximum Gasteiger partial charge on any atom is 0.151 e. The molecule has 4 nitrogen and oxygen atoms in total. The molecule has 0 radical (unpaired) electrons. The first-order valence-corrected chi connectivity index (χ1v) is 6.55. The van der Waals surface area contributed by atoms with Gasteiger partial charge in [0.05, 0.1) is 5.69 Å². The van der Waals surface area contributed by atoms with Crippen LogP contribution in [-0.2, 0) is 0 Å². The van der Waals surface area contributed by atoms with Crippen LogP contribution in [0, 0.1) is 11.7 Å². The van der Waals surface area contributed by atoms with Gasteiger partial charge >= 0.3 is 0 Å². The Morgan fingerprint density at radius 1 is 1.20 bits per heavy atom. The molecule has 1 aliphatic rings. The maximum atomic E-state index is 13.7. The van der Waals surface area contributed by atoms with Gasteiger partial charge in [0.25, 0.3) is 0 Å². The summed E-state index contributed by atoms with van der Waals surface area (Å²) in [7, 11) is 0. The Bertz CT molecular complexity index is 591. The summed E-state index contributed by atoms with van der Waals surface area (Å²) < 4.78 is 13.7. The van der Waals surface area contributed by atoms with Crippen molar-refractivity contribution in [3.8, 4) is 0 Å². The summed E-state index contributed by atoms with van der Waals surface area (Å²) in [4.78, 5) is 10.6. The van der Waals surface area contributed by atoms with Crippen LogP contribution >= 0.6 is 0 Å². The molecular weight excluding hydrogens is 255 g/mol. The monoisotopic (exact) mass is 276 g/mol. The topological polar surface area (TPSA) is 55.0 Å². The van der Waals surface area contributed by atoms with Crippen molar-refractivity contribution in [1.29, 1.82) is 0 Å². The third-order valence-corrected chi connectivity index (χ3v) is 3.59. The van der Waals surface area contributed by atoms with E-state index < -0.39 is 0 Å². The fourth-order valence-electron chi connectivity index (χ4n) is 2.86. The number of anilines is 1. The van der Waals surface area contributed by atoms with Crippen molar-refractivity contribution in [3.05, 3.63) is 30.3 Å². The van der Waals surface area contributed by atoms with Crippen molar-refractivity contribution < 1.29 is 4.39 Å². The lowest BCUT2D eigenvalue weighted by atomic mass is 9.96. The molecule has 0 spiro atoms. The zero-order chi connectivity index (χ0) is 13.4. The second kappa shape index (κ2) is 5.71. The highest BCUT2D eigenvalue weighted by molar-refractivity contribution is 5.88. The summed E-state index contributed by atoms with van der Waals surface area (Å²) in [6.07, 6.45) is 4.14. The smallest absolute Gasteiger partial charge is 0.151 e. The molecule has 2 aromatic rings. The van der Waals surface area contributed by atoms with Crippen LogP contribution < -0.4 is 10.6 Å². The molecule has 1 fully saturated rings. The lowest BCUT2D eigenvalue weighted by Crippen LogP contribution is -2.46. The molecule has 0 saturated carbocycles. The molecule has 1 saturated heterocycles. The molecule has 1 aromatic heterocycles. The number of fused-ring (bicyclic) bond motifs is 1. The number of aromatic nitrogens is 2. The molecule has 0 aliphatic carbocycles. The Hall–Kier alpha value is -1.75. The van der Waals surface area contributed by atoms with E-state index in [4.69, 9.17) is 5.73 Å². The number of hydrogen-bond donors (Lipinski definition) is 1. The molecule has 2 N–H and O–H groups in total. The van der Waals surface area contributed by atoms with E-state index in [0.717, 1.165) is 25.2 Å². The molecule has 2 atom stereocenters. The molecule has 20 heavy (non-hydrogen) atoms. The fourth-order valence-corrected chi connectivity index (χ4v) is 2.86. The maximum absolute atomic E-state index is 13.7. The number of piperidine rings is 1. The highest BCUT2D eigenvalue weighted by Gasteiger charge is 2.24. The van der Waals surface area contributed by atoms with E-state index in [9.17, 15) is 4.39 Å². The van der Waals surface area contributed by atoms with Crippen molar-refractivity contribution in [2.45, 2.75) is 26.8 Å². The van der Waals surface area contributed by atoms with Gasteiger partial charge in [0.2, 0.25) is 0 Å². The normalized spacial score (nSPS) is 22.6. The van der Waals surface area contributed by atoms with Crippen molar-refractivity contribution in [2.24, 2.45) is 11.7 Å². The van der Waals surface area contributed by atoms with E-state index in [-0.39, 0.29) is 19.3 Å². The van der Waals surface area contributed by atoms with Crippen LogP contribution in [0.2, 0.25) is 0 Å². The molecule has 2 heterocycles. The molecule has 3 rings (SSSR count). The van der Waals surface area contributed by atoms with Crippen molar-refractivity contribution in [2.75, 3.05) is 18.0 Å². The van der Waals surface area contributed by atoms with Crippen LogP contribution in [0.25, 0.3) is 11.0 Å². The van der Waals surface area contributed by atoms with Crippen molar-refractivity contribution in [1.82, 2.24) is 9.97 Å². The van der Waals surface area contributed by atoms with Crippen LogP contribution in [0.1, 0.15) is 20.8 Å². The number of nitrogens with zero attached hydrogens (tertiary/aromatic N) is 3. The van der Waals surface area contributed by atoms with Crippen LogP contribution in [0.15, 0.2) is 24.5 Å². The predicted octanol–water partition coefficient (Wildman–Crippen LogP) is 2.58. The Labute approximate surface area is 118 Å². The lowest BCUT2D eigenvalue weighted by Gasteiger charge is -2.36. The second-order valence-corrected chi connectivity index (χ2v) is 5.33. The summed E-state index contributed by atoms with van der Waals surface area (Å²) in [5.41, 5.74) is 7.94. The van der Waals surface area contributed by atoms with Crippen LogP contribution in [0.5, 0.6) is 0 Å². The summed E-state index contributed by atoms with van der Waals surface area (Å²) in [5.74, 6) is 0.196. The third-order valence-electron chi connectivity index (χ3n) is 3.59. The van der Waals surface area contributed by atoms with Gasteiger partial charge in [-0.15, -0.1) is 0 Å². The van der Waals surface area contributed by atoms with Gasteiger partial charge in [-0.1, -0.05) is 14.4 Å². The van der Waals surface area contributed by atoms with Crippen LogP contribution in [-0.4, -0.2) is 29.1 Å². The Balaban J connectivity index is 0.00000147. The van der Waals surface area contributed by atoms with Gasteiger partial charge in [-0.3, -0.25) is 4.98 Å². The Morgan fingerprint density at radius 2 is 1.90 bits per heavy atom. The van der Waals surface area contributed by atoms with E-state index in [0.29, 0.717) is 17.0 Å². The summed E-state index contributed by atoms with van der Waals surface area (Å²) in [6, 6.07) is 3.38. The largest absolute Gasteiger partial charge is 0.368 e. The molecular formula is C15H21FN4. The average Bonchev–Trinajstić information content (AvgIpc) is 2.38. The van der Waals surface area contributed by atoms with E-state index in [1.165, 1.54) is 12.3 Å². The molecule has 5 heteroatoms. The lowest BCUT2D eigenvalue weighted by molar-refractivity contribution is 0.402. The fraction of sp³-hybridized carbons (Fsp3) is 0.467. The van der Waals surface area contributed by atoms with Crippen molar-refractivity contribution >= 4 is 16.7 Å². The molecule has 108 valence electrons. The number of nitrogens with two attached hydrogens (primary N) is 1. The first-order chi connectivity index (χ1) is 9.15. The number of rotatable bonds is 1. The van der Waals surface area contributed by atoms with Gasteiger partial charge in [0, 0.05) is 31.5 Å². The molecule has 1 aromatic carbocycles. The zero-order valence-electron chi connectivity index (χ0n) is 10.9. The van der Waals surface area contributed by atoms with Gasteiger partial charge in [0.1, 0.15) is 11.0 Å². The number of hydrogen-bond acceptors (Lipinski definition) is 4. The first kappa shape index (κ1) is 14.7. The molecule has 0 amide bonds. The Kier molecular flexibility index (Phi) is 4.18. The van der Waals surface area contributed by atoms with Gasteiger partial charge in [-0.2, -0.15) is 0 Å². The highest BCUT2D eigenvalue weighted by atomic mass is 19.1. The van der Waals surface area contributed by atoms with E-state index in [2.05, 4.69) is 21.8 Å². The summed E-state index contributed by atoms with van der Waals surface area (Å²) in [5, 5.41) is 0. The minimum absolute atomic E-state index is 0. The van der Waals surface area contributed by atoms with Gasteiger partial charge in [-0.05, 0) is 24.5 Å². The van der Waals surface area contributed by atoms with E-state index in [1.54, 1.807) is 12.3 Å². The van der Waals surface area contributed by atoms with E-state index >= 15 is 0 Å². The minimum atomic E-state index is -0.332. The second-order valence-electron chi connectivity index (χ2n) is 5.33. The molecule has 0 bridgehead atoms. The highest BCUT2D eigenvalue weighted by Crippen LogP contribution is 2.29. The van der Waals surface area contributed by atoms with Crippen LogP contribution in [0.4, 0.5) is 10.1 Å². The standard InChI is InChI=1S/C14H17FN4.CH4/c1-9-6-10(16)8-19(7-9)12-3-2-11(15)13-14(12)18-5-4-17-13;/h2-5,9-10H,6-8,16H2,1H3;1H4. The average molecular weight is 276 g/mol. The summed E-state index contributed by atoms with van der Waals surface area (Å²) in [6.45, 7) is 3.88. The van der Waals surface area contributed by atoms with Gasteiger partial charge in [0.15, 0.2) is 5.82 Å². The van der Waals surface area contributed by atoms with Crippen molar-refractivity contribution in [3.63, 3.8) is 0 Å². The molecule has 1 aliphatic heterocycles. The van der Waals surface area contributed by atoms with Gasteiger partial charge < -0.3 is 10.6 Å². The third kappa shape index (κ3) is 2.58. The number of halogens is 1. The zero-order valence-corrected chi connectivity index (χ0v) is 10.9. The van der Waals surface area contributed by atoms with Crippen LogP contribution in [0.3, 0.4) is 0 Å². The summed E-state index contributed by atoms with van der Waals surface area (Å²) >= 11 is 0. The van der Waals surface area contributed by atoms with E-state index in [1.807, 2.05) is 0 Å². The minimum Gasteiger partial charge on any atom is -0.368 e. The SMILES string of the molecule is C.CC1CC(N)CN(c2ccc(F)c3nccnc23)C1. The first-order valence-electron chi connectivity index (χ1n) is 6.55. The predicted molar refractivity (Wildman–Crippen MR) is 80.2 cm³/mol.